The molecule has 0 unspecified atom stereocenters. The molecule has 0 atom stereocenters. The molecule has 1 aromatic carbocycles. The van der Waals surface area contributed by atoms with E-state index in [9.17, 15) is 0 Å². The molecule has 2 rings (SSSR count). The summed E-state index contributed by atoms with van der Waals surface area (Å²) in [7, 11) is 0. The third kappa shape index (κ3) is 3.17. The maximum Gasteiger partial charge on any atom is 0.0291 e. The van der Waals surface area contributed by atoms with Crippen molar-refractivity contribution >= 4 is 0 Å². The van der Waals surface area contributed by atoms with Gasteiger partial charge in [0.25, 0.3) is 0 Å². The Kier molecular flexibility index (Phi) is 5.97. The van der Waals surface area contributed by atoms with E-state index in [4.69, 9.17) is 0 Å². The van der Waals surface area contributed by atoms with Crippen molar-refractivity contribution < 1.29 is 25.6 Å². The minimum atomic E-state index is 0. The van der Waals surface area contributed by atoms with Gasteiger partial charge >= 0.3 is 0 Å². The Morgan fingerprint density at radius 1 is 1.06 bits per heavy atom. The van der Waals surface area contributed by atoms with Crippen LogP contribution in [0.2, 0.25) is 0 Å². The van der Waals surface area contributed by atoms with Crippen LogP contribution in [0.1, 0.15) is 11.1 Å². The molecule has 0 bridgehead atoms. The van der Waals surface area contributed by atoms with E-state index in [1.54, 1.807) is 0 Å². The molecule has 2 nitrogen and oxygen atoms in total. The molecule has 2 aromatic rings. The molecular weight excluding hydrogens is 378 g/mol. The van der Waals surface area contributed by atoms with Gasteiger partial charge in [0.15, 0.2) is 0 Å². The van der Waals surface area contributed by atoms with Crippen LogP contribution in [0.15, 0.2) is 42.6 Å². The minimum Gasteiger partial charge on any atom is -0.412 e. The van der Waals surface area contributed by atoms with Gasteiger partial charge in [0.2, 0.25) is 0 Å². The van der Waals surface area contributed by atoms with Gasteiger partial charge in [-0.05, 0) is 18.6 Å². The summed E-state index contributed by atoms with van der Waals surface area (Å²) < 4.78 is 0. The number of hydrogen-bond acceptors (Lipinski definition) is 1. The Balaban J connectivity index is 0.00000112. The van der Waals surface area contributed by atoms with Crippen LogP contribution in [0.3, 0.4) is 0 Å². The van der Waals surface area contributed by atoms with Crippen molar-refractivity contribution in [1.29, 1.82) is 0 Å². The van der Waals surface area contributed by atoms with Gasteiger partial charge in [-0.1, -0.05) is 12.1 Å². The van der Waals surface area contributed by atoms with Crippen LogP contribution in [-0.2, 0) is 20.1 Å². The van der Waals surface area contributed by atoms with Crippen LogP contribution in [0.25, 0.3) is 11.3 Å². The van der Waals surface area contributed by atoms with E-state index in [1.165, 1.54) is 5.56 Å². The monoisotopic (exact) mass is 393 g/mol. The van der Waals surface area contributed by atoms with Crippen molar-refractivity contribution in [3.63, 3.8) is 0 Å². The normalized spacial score (nSPS) is 8.81. The van der Waals surface area contributed by atoms with Gasteiger partial charge in [-0.25, -0.2) is 0 Å². The zero-order valence-corrected chi connectivity index (χ0v) is 11.4. The third-order valence-electron chi connectivity index (χ3n) is 2.20. The molecule has 0 aliphatic rings. The number of benzene rings is 1. The van der Waals surface area contributed by atoms with E-state index in [0.29, 0.717) is 0 Å². The Labute approximate surface area is 109 Å². The smallest absolute Gasteiger partial charge is 0.0291 e. The van der Waals surface area contributed by atoms with Gasteiger partial charge in [0.05, 0.1) is 0 Å². The van der Waals surface area contributed by atoms with E-state index in [2.05, 4.69) is 18.0 Å². The summed E-state index contributed by atoms with van der Waals surface area (Å²) in [5, 5.41) is 0. The van der Waals surface area contributed by atoms with Crippen molar-refractivity contribution in [3.8, 4) is 11.3 Å². The van der Waals surface area contributed by atoms with Gasteiger partial charge in [0.1, 0.15) is 0 Å². The van der Waals surface area contributed by atoms with Crippen LogP contribution >= 0.6 is 0 Å². The number of rotatable bonds is 1. The molecule has 16 heavy (non-hydrogen) atoms. The van der Waals surface area contributed by atoms with Crippen LogP contribution in [0.5, 0.6) is 0 Å². The van der Waals surface area contributed by atoms with E-state index >= 15 is 0 Å². The van der Waals surface area contributed by atoms with Crippen molar-refractivity contribution in [2.75, 3.05) is 0 Å². The van der Waals surface area contributed by atoms with Crippen LogP contribution in [0, 0.1) is 13.8 Å². The van der Waals surface area contributed by atoms with E-state index in [0.717, 1.165) is 16.8 Å². The molecule has 0 aliphatic heterocycles. The molecule has 1 heterocycles. The quantitative estimate of drug-likeness (QED) is 0.688. The van der Waals surface area contributed by atoms with Crippen molar-refractivity contribution in [2.24, 2.45) is 0 Å². The first-order valence-electron chi connectivity index (χ1n) is 4.61. The second kappa shape index (κ2) is 6.44. The minimum absolute atomic E-state index is 0. The molecule has 0 aliphatic carbocycles. The Bertz CT molecular complexity index is 440. The fourth-order valence-corrected chi connectivity index (χ4v) is 1.40. The summed E-state index contributed by atoms with van der Waals surface area (Å²) >= 11 is 0. The Morgan fingerprint density at radius 3 is 2.31 bits per heavy atom. The predicted octanol–water partition coefficient (Wildman–Crippen LogP) is 2.41. The van der Waals surface area contributed by atoms with Crippen molar-refractivity contribution in [2.45, 2.75) is 6.92 Å². The van der Waals surface area contributed by atoms with Crippen molar-refractivity contribution in [1.82, 2.24) is 4.98 Å². The first-order valence-corrected chi connectivity index (χ1v) is 4.61. The van der Waals surface area contributed by atoms with Crippen LogP contribution in [-0.4, -0.2) is 10.5 Å². The third-order valence-corrected chi connectivity index (χ3v) is 2.20. The fourth-order valence-electron chi connectivity index (χ4n) is 1.40. The van der Waals surface area contributed by atoms with Gasteiger partial charge in [0, 0.05) is 32.0 Å². The summed E-state index contributed by atoms with van der Waals surface area (Å²) in [4.78, 5) is 4.37. The fraction of sp³-hybridized carbons (Fsp3) is 0.0769. The summed E-state index contributed by atoms with van der Waals surface area (Å²) in [6.45, 7) is 6.01. The average molecular weight is 392 g/mol. The molecule has 0 saturated heterocycles. The largest absolute Gasteiger partial charge is 0.412 e. The average Bonchev–Trinajstić information content (AvgIpc) is 2.20. The number of aryl methyl sites for hydroxylation is 1. The van der Waals surface area contributed by atoms with E-state index in [1.807, 2.05) is 43.5 Å². The zero-order chi connectivity index (χ0) is 9.97. The van der Waals surface area contributed by atoms with Crippen LogP contribution in [0.4, 0.5) is 0 Å². The molecule has 0 spiro atoms. The van der Waals surface area contributed by atoms with E-state index < -0.39 is 0 Å². The Morgan fingerprint density at radius 2 is 1.75 bits per heavy atom. The first-order chi connectivity index (χ1) is 6.77. The standard InChI is InChI=1S/C13H12N.Ir.H2O/c1-10-7-8-13(14-9-10)12-6-4-3-5-11(12)2;;/h3-9H,2H2,1H3;;1H2/q-1;;. The zero-order valence-electron chi connectivity index (χ0n) is 9.03. The SMILES string of the molecule is O.[CH2-]c1ccccc1-c1ccc(C)cn1.[Ir]. The summed E-state index contributed by atoms with van der Waals surface area (Å²) in [5.74, 6) is 0. The van der Waals surface area contributed by atoms with Crippen LogP contribution < -0.4 is 0 Å². The van der Waals surface area contributed by atoms with Gasteiger partial charge < -0.3 is 5.48 Å². The molecular formula is C13H14IrNO-. The second-order valence-electron chi connectivity index (χ2n) is 3.38. The van der Waals surface area contributed by atoms with E-state index in [-0.39, 0.29) is 25.6 Å². The van der Waals surface area contributed by atoms with Gasteiger partial charge in [-0.3, -0.25) is 4.98 Å². The molecule has 2 N–H and O–H groups in total. The molecule has 1 aromatic heterocycles. The summed E-state index contributed by atoms with van der Waals surface area (Å²) in [6.07, 6.45) is 1.88. The predicted molar refractivity (Wildman–Crippen MR) is 62.5 cm³/mol. The maximum atomic E-state index is 4.37. The maximum absolute atomic E-state index is 4.37. The second-order valence-corrected chi connectivity index (χ2v) is 3.38. The Hall–Kier alpha value is -1.15. The molecule has 0 amide bonds. The summed E-state index contributed by atoms with van der Waals surface area (Å²) in [5.41, 5.74) is 4.29. The molecule has 1 radical (unpaired) electrons. The van der Waals surface area contributed by atoms with Gasteiger partial charge in [-0.2, -0.15) is 18.6 Å². The number of pyridine rings is 1. The molecule has 3 heteroatoms. The topological polar surface area (TPSA) is 44.4 Å². The van der Waals surface area contributed by atoms with Gasteiger partial charge in [-0.15, -0.1) is 17.7 Å². The molecule has 0 saturated carbocycles. The first kappa shape index (κ1) is 14.8. The summed E-state index contributed by atoms with van der Waals surface area (Å²) in [6, 6.07) is 12.1. The van der Waals surface area contributed by atoms with Crippen molar-refractivity contribution in [3.05, 3.63) is 60.6 Å². The molecule has 87 valence electrons. The number of hydrogen-bond donors (Lipinski definition) is 0. The number of aromatic nitrogens is 1. The molecule has 0 fully saturated rings. The number of nitrogens with zero attached hydrogens (tertiary/aromatic N) is 1.